The third-order valence-corrected chi connectivity index (χ3v) is 7.38. The van der Waals surface area contributed by atoms with E-state index in [1.54, 1.807) is 0 Å². The van der Waals surface area contributed by atoms with Crippen molar-refractivity contribution >= 4 is 45.4 Å². The van der Waals surface area contributed by atoms with E-state index in [0.29, 0.717) is 16.8 Å². The molecule has 6 rings (SSSR count). The van der Waals surface area contributed by atoms with Crippen molar-refractivity contribution in [1.29, 1.82) is 0 Å². The van der Waals surface area contributed by atoms with E-state index >= 15 is 0 Å². The van der Waals surface area contributed by atoms with Gasteiger partial charge in [-0.15, -0.1) is 5.11 Å². The van der Waals surface area contributed by atoms with Crippen molar-refractivity contribution in [2.75, 3.05) is 11.9 Å². The van der Waals surface area contributed by atoms with Gasteiger partial charge in [0.05, 0.1) is 22.2 Å². The number of fused-ring (bicyclic) bond motifs is 4. The van der Waals surface area contributed by atoms with Crippen molar-refractivity contribution in [3.8, 4) is 11.5 Å². The maximum absolute atomic E-state index is 11.5. The molecule has 2 heterocycles. The summed E-state index contributed by atoms with van der Waals surface area (Å²) < 4.78 is 6.71. The number of nitro groups is 1. The molecule has 184 valence electrons. The number of likely N-dealkylation sites (N-methyl/N-ethyl adjacent to an activating group) is 1. The van der Waals surface area contributed by atoms with Gasteiger partial charge in [-0.3, -0.25) is 15.1 Å². The van der Waals surface area contributed by atoms with E-state index < -0.39 is 16.1 Å². The summed E-state index contributed by atoms with van der Waals surface area (Å²) in [6, 6.07) is 21.3. The summed E-state index contributed by atoms with van der Waals surface area (Å²) in [7, 11) is 1.96. The predicted molar refractivity (Wildman–Crippen MR) is 142 cm³/mol. The van der Waals surface area contributed by atoms with Crippen LogP contribution in [0.4, 0.5) is 28.4 Å². The molecule has 0 fully saturated rings. The lowest BCUT2D eigenvalue weighted by Crippen LogP contribution is -2.61. The molecule has 4 aromatic carbocycles. The lowest BCUT2D eigenvalue weighted by atomic mass is 9.77. The summed E-state index contributed by atoms with van der Waals surface area (Å²) in [5.74, 6) is 0.0577. The summed E-state index contributed by atoms with van der Waals surface area (Å²) in [6.45, 7) is 4.19. The van der Waals surface area contributed by atoms with Crippen molar-refractivity contribution in [2.24, 2.45) is 15.2 Å². The second-order valence-electron chi connectivity index (χ2n) is 9.65. The summed E-state index contributed by atoms with van der Waals surface area (Å²) in [4.78, 5) is 17.4. The molecule has 4 aromatic rings. The summed E-state index contributed by atoms with van der Waals surface area (Å²) in [5.41, 5.74) is 1.81. The molecule has 0 saturated heterocycles. The van der Waals surface area contributed by atoms with Crippen LogP contribution in [-0.4, -0.2) is 29.0 Å². The molecule has 1 spiro atoms. The number of hydrogen-bond acceptors (Lipinski definition) is 8. The molecule has 0 radical (unpaired) electrons. The van der Waals surface area contributed by atoms with Gasteiger partial charge in [0, 0.05) is 35.6 Å². The zero-order chi connectivity index (χ0) is 25.9. The molecule has 0 aromatic heterocycles. The fourth-order valence-corrected chi connectivity index (χ4v) is 5.30. The molecular formula is C28H23N5O4. The van der Waals surface area contributed by atoms with Gasteiger partial charge in [0.25, 0.3) is 5.69 Å². The molecule has 2 aliphatic rings. The topological polar surface area (TPSA) is 113 Å². The number of anilines is 1. The van der Waals surface area contributed by atoms with E-state index in [9.17, 15) is 15.2 Å². The van der Waals surface area contributed by atoms with Crippen molar-refractivity contribution < 1.29 is 14.8 Å². The number of phenols is 1. The Balaban J connectivity index is 1.50. The highest BCUT2D eigenvalue weighted by molar-refractivity contribution is 6.08. The molecule has 0 saturated carbocycles. The molecule has 9 heteroatoms. The standard InChI is InChI=1S/C28H23N5O4/c1-27(2)21-10-6-7-11-22(21)32(3)28(27)16-29-24-20-9-5-4-8-19(20)23(25(34)26(24)37-28)31-30-17-12-14-18(15-13-17)33(35)36/h4-16,34H,1-3H3. The number of nitro benzene ring substituents is 1. The van der Waals surface area contributed by atoms with Crippen LogP contribution in [-0.2, 0) is 5.41 Å². The normalized spacial score (nSPS) is 19.3. The first kappa shape index (κ1) is 22.7. The van der Waals surface area contributed by atoms with E-state index in [-0.39, 0.29) is 22.9 Å². The number of benzene rings is 4. The Morgan fingerprint density at radius 1 is 0.973 bits per heavy atom. The smallest absolute Gasteiger partial charge is 0.269 e. The molecule has 37 heavy (non-hydrogen) atoms. The summed E-state index contributed by atoms with van der Waals surface area (Å²) >= 11 is 0. The van der Waals surface area contributed by atoms with Gasteiger partial charge in [-0.2, -0.15) is 5.11 Å². The van der Waals surface area contributed by atoms with Crippen LogP contribution in [0.3, 0.4) is 0 Å². The van der Waals surface area contributed by atoms with Crippen LogP contribution in [0, 0.1) is 10.1 Å². The summed E-state index contributed by atoms with van der Waals surface area (Å²) in [6.07, 6.45) is 1.82. The minimum absolute atomic E-state index is 0.0399. The van der Waals surface area contributed by atoms with Gasteiger partial charge in [0.2, 0.25) is 5.72 Å². The third-order valence-electron chi connectivity index (χ3n) is 7.38. The van der Waals surface area contributed by atoms with E-state index in [2.05, 4.69) is 30.1 Å². The highest BCUT2D eigenvalue weighted by Crippen LogP contribution is 2.58. The number of non-ortho nitro benzene ring substituents is 1. The Morgan fingerprint density at radius 3 is 2.35 bits per heavy atom. The highest BCUT2D eigenvalue weighted by atomic mass is 16.6. The zero-order valence-electron chi connectivity index (χ0n) is 20.4. The molecule has 9 nitrogen and oxygen atoms in total. The van der Waals surface area contributed by atoms with Crippen molar-refractivity contribution in [3.05, 3.63) is 88.5 Å². The second kappa shape index (κ2) is 7.86. The highest BCUT2D eigenvalue weighted by Gasteiger charge is 2.59. The molecule has 0 amide bonds. The van der Waals surface area contributed by atoms with Crippen LogP contribution in [0.25, 0.3) is 10.8 Å². The van der Waals surface area contributed by atoms with Crippen LogP contribution >= 0.6 is 0 Å². The molecule has 0 aliphatic carbocycles. The SMILES string of the molecule is CN1c2ccccc2C(C)(C)C12C=Nc1c(c(O)c(N=Nc3ccc([N+](=O)[O-])cc3)c3ccccc13)O2. The van der Waals surface area contributed by atoms with Crippen molar-refractivity contribution in [2.45, 2.75) is 25.0 Å². The fraction of sp³-hybridized carbons (Fsp3) is 0.179. The first-order valence-corrected chi connectivity index (χ1v) is 11.8. The quantitative estimate of drug-likeness (QED) is 0.186. The number of phenolic OH excluding ortho intramolecular Hbond substituents is 1. The van der Waals surface area contributed by atoms with Crippen molar-refractivity contribution in [1.82, 2.24) is 0 Å². The lowest BCUT2D eigenvalue weighted by molar-refractivity contribution is -0.384. The minimum atomic E-state index is -0.976. The van der Waals surface area contributed by atoms with Crippen LogP contribution in [0.15, 0.2) is 88.0 Å². The monoisotopic (exact) mass is 493 g/mol. The van der Waals surface area contributed by atoms with Gasteiger partial charge < -0.3 is 14.7 Å². The maximum atomic E-state index is 11.5. The third kappa shape index (κ3) is 3.13. The van der Waals surface area contributed by atoms with Gasteiger partial charge in [0.1, 0.15) is 11.4 Å². The Labute approximate surface area is 212 Å². The Morgan fingerprint density at radius 2 is 1.65 bits per heavy atom. The van der Waals surface area contributed by atoms with Crippen molar-refractivity contribution in [3.63, 3.8) is 0 Å². The average Bonchev–Trinajstić information content (AvgIpc) is 3.07. The number of rotatable bonds is 3. The first-order chi connectivity index (χ1) is 17.7. The zero-order valence-corrected chi connectivity index (χ0v) is 20.4. The number of aromatic hydroxyl groups is 1. The van der Waals surface area contributed by atoms with Gasteiger partial charge in [-0.05, 0) is 37.6 Å². The molecule has 1 atom stereocenters. The number of ether oxygens (including phenoxy) is 1. The van der Waals surface area contributed by atoms with Gasteiger partial charge in [-0.25, -0.2) is 0 Å². The van der Waals surface area contributed by atoms with E-state index in [4.69, 9.17) is 9.73 Å². The Bertz CT molecular complexity index is 1640. The first-order valence-electron chi connectivity index (χ1n) is 11.8. The van der Waals surface area contributed by atoms with Gasteiger partial charge >= 0.3 is 0 Å². The van der Waals surface area contributed by atoms with E-state index in [0.717, 1.165) is 16.6 Å². The number of nitrogens with zero attached hydrogens (tertiary/aromatic N) is 5. The second-order valence-corrected chi connectivity index (χ2v) is 9.65. The van der Waals surface area contributed by atoms with Crippen LogP contribution < -0.4 is 9.64 Å². The predicted octanol–water partition coefficient (Wildman–Crippen LogP) is 7.09. The number of azo groups is 1. The van der Waals surface area contributed by atoms with Crippen LogP contribution in [0.2, 0.25) is 0 Å². The molecule has 0 bridgehead atoms. The molecular weight excluding hydrogens is 470 g/mol. The van der Waals surface area contributed by atoms with Gasteiger partial charge in [-0.1, -0.05) is 42.5 Å². The Kier molecular flexibility index (Phi) is 4.81. The largest absolute Gasteiger partial charge is 0.503 e. The molecule has 1 N–H and O–H groups in total. The average molecular weight is 494 g/mol. The van der Waals surface area contributed by atoms with E-state index in [1.807, 2.05) is 60.6 Å². The number of hydrogen-bond donors (Lipinski definition) is 1. The lowest BCUT2D eigenvalue weighted by Gasteiger charge is -2.45. The number of para-hydroxylation sites is 1. The van der Waals surface area contributed by atoms with Gasteiger partial charge in [0.15, 0.2) is 11.5 Å². The Hall–Kier alpha value is -4.79. The molecule has 2 aliphatic heterocycles. The summed E-state index contributed by atoms with van der Waals surface area (Å²) in [5, 5.41) is 32.5. The molecule has 1 unspecified atom stereocenters. The fourth-order valence-electron chi connectivity index (χ4n) is 5.30. The van der Waals surface area contributed by atoms with Crippen LogP contribution in [0.1, 0.15) is 19.4 Å². The van der Waals surface area contributed by atoms with E-state index in [1.165, 1.54) is 24.3 Å². The minimum Gasteiger partial charge on any atom is -0.503 e. The maximum Gasteiger partial charge on any atom is 0.269 e. The van der Waals surface area contributed by atoms with Crippen LogP contribution in [0.5, 0.6) is 11.5 Å². The number of aliphatic imine (C=N–C) groups is 1.